The molecule has 14 radical (unpaired) electrons. The lowest BCUT2D eigenvalue weighted by molar-refractivity contribution is 0.102. The smallest absolute Gasteiger partial charge is 0.255 e. The van der Waals surface area contributed by atoms with E-state index in [0.717, 1.165) is 16.5 Å². The number of carbonyl (C=O) groups excluding carboxylic acids is 1. The minimum atomic E-state index is -1.90. The highest BCUT2D eigenvalue weighted by Crippen LogP contribution is 2.22. The van der Waals surface area contributed by atoms with Gasteiger partial charge in [-0.2, -0.15) is 0 Å². The molecule has 4 rings (SSSR count). The number of nitrogens with zero attached hydrogens (tertiary/aromatic N) is 4. The first kappa shape index (κ1) is 23.1. The lowest BCUT2D eigenvalue weighted by atomic mass is 9.37. The van der Waals surface area contributed by atoms with Gasteiger partial charge in [-0.25, -0.2) is 9.97 Å². The van der Waals surface area contributed by atoms with Crippen molar-refractivity contribution >= 4 is 99.3 Å². The van der Waals surface area contributed by atoms with Crippen molar-refractivity contribution in [3.8, 4) is 11.4 Å². The van der Waals surface area contributed by atoms with E-state index >= 15 is 0 Å². The van der Waals surface area contributed by atoms with Crippen LogP contribution in [0.5, 0.6) is 0 Å². The highest BCUT2D eigenvalue weighted by Gasteiger charge is 2.24. The molecule has 0 aliphatic carbocycles. The van der Waals surface area contributed by atoms with Crippen LogP contribution in [0.15, 0.2) is 37.1 Å². The lowest BCUT2D eigenvalue weighted by Crippen LogP contribution is -2.54. The van der Waals surface area contributed by atoms with Crippen molar-refractivity contribution in [3.05, 3.63) is 48.2 Å². The highest BCUT2D eigenvalue weighted by atomic mass is 16.1. The third-order valence-electron chi connectivity index (χ3n) is 5.24. The number of imidazole rings is 1. The zero-order valence-electron chi connectivity index (χ0n) is 17.7. The Kier molecular flexibility index (Phi) is 5.85. The van der Waals surface area contributed by atoms with Gasteiger partial charge in [0.2, 0.25) is 0 Å². The van der Waals surface area contributed by atoms with E-state index in [0.29, 0.717) is 5.69 Å². The van der Waals surface area contributed by atoms with E-state index in [1.54, 1.807) is 31.0 Å². The molecule has 0 saturated carbocycles. The van der Waals surface area contributed by atoms with Crippen LogP contribution in [0.3, 0.4) is 0 Å². The van der Waals surface area contributed by atoms with Crippen LogP contribution in [0.25, 0.3) is 22.2 Å². The van der Waals surface area contributed by atoms with Gasteiger partial charge in [0.1, 0.15) is 37.2 Å². The summed E-state index contributed by atoms with van der Waals surface area (Å²) in [7, 11) is 43.2. The largest absolute Gasteiger partial charge is 0.332 e. The number of amides is 1. The molecule has 4 aromatic rings. The average Bonchev–Trinajstić information content (AvgIpc) is 3.17. The molecule has 33 heavy (non-hydrogen) atoms. The third kappa shape index (κ3) is 4.17. The maximum absolute atomic E-state index is 13.0. The molecule has 1 aromatic carbocycles. The normalized spacial score (nSPS) is 11.5. The zero-order valence-corrected chi connectivity index (χ0v) is 17.7. The van der Waals surface area contributed by atoms with E-state index in [2.05, 4.69) is 20.3 Å². The van der Waals surface area contributed by atoms with E-state index in [4.69, 9.17) is 54.9 Å². The van der Waals surface area contributed by atoms with Gasteiger partial charge in [0.15, 0.2) is 0 Å². The number of nitrogens with one attached hydrogen (secondary N) is 1. The number of benzene rings is 1. The molecule has 3 heterocycles. The van der Waals surface area contributed by atoms with Crippen molar-refractivity contribution in [2.24, 2.45) is 7.05 Å². The van der Waals surface area contributed by atoms with Crippen LogP contribution in [0.1, 0.15) is 15.9 Å². The lowest BCUT2D eigenvalue weighted by Gasteiger charge is -2.31. The summed E-state index contributed by atoms with van der Waals surface area (Å²) in [6.45, 7) is 0. The molecule has 0 aliphatic heterocycles. The predicted octanol–water partition coefficient (Wildman–Crippen LogP) is -2.93. The Labute approximate surface area is 200 Å². The van der Waals surface area contributed by atoms with Gasteiger partial charge in [0, 0.05) is 30.4 Å². The minimum Gasteiger partial charge on any atom is -0.332 e. The number of rotatable bonds is 4. The number of carbonyl (C=O) groups is 1. The summed E-state index contributed by atoms with van der Waals surface area (Å²) in [5.41, 5.74) is 0.812. The number of pyridine rings is 2. The van der Waals surface area contributed by atoms with Crippen LogP contribution in [0.4, 0.5) is 5.82 Å². The highest BCUT2D eigenvalue weighted by molar-refractivity contribution is 6.66. The second kappa shape index (κ2) is 8.36. The molecule has 0 fully saturated rings. The quantitative estimate of drug-likeness (QED) is 0.365. The predicted molar refractivity (Wildman–Crippen MR) is 137 cm³/mol. The molecule has 0 unspecified atom stereocenters. The number of hydrogen-bond donors (Lipinski definition) is 1. The average molecular weight is 412 g/mol. The van der Waals surface area contributed by atoms with Gasteiger partial charge in [-0.3, -0.25) is 9.78 Å². The van der Waals surface area contributed by atoms with Gasteiger partial charge in [0.05, 0.1) is 47.5 Å². The Balaban J connectivity index is 1.72. The fraction of sp³-hybridized carbons (Fsp3) is 0.100. The van der Waals surface area contributed by atoms with E-state index in [1.807, 2.05) is 17.7 Å². The Bertz CT molecular complexity index is 1390. The molecule has 0 saturated heterocycles. The van der Waals surface area contributed by atoms with Gasteiger partial charge < -0.3 is 9.88 Å². The molecule has 0 spiro atoms. The summed E-state index contributed by atoms with van der Waals surface area (Å²) < 4.78 is 1.85. The maximum atomic E-state index is 13.0. The van der Waals surface area contributed by atoms with Crippen molar-refractivity contribution in [3.63, 3.8) is 0 Å². The number of aryl methyl sites for hydroxylation is 1. The molecule has 6 nitrogen and oxygen atoms in total. The van der Waals surface area contributed by atoms with Crippen molar-refractivity contribution in [1.29, 1.82) is 0 Å². The van der Waals surface area contributed by atoms with Crippen molar-refractivity contribution in [2.45, 2.75) is 5.11 Å². The molecule has 0 atom stereocenters. The molecular weight excluding hydrogens is 402 g/mol. The first-order valence-electron chi connectivity index (χ1n) is 9.65. The maximum Gasteiger partial charge on any atom is 0.255 e. The molecule has 1 amide bonds. The monoisotopic (exact) mass is 413 g/mol. The summed E-state index contributed by atoms with van der Waals surface area (Å²) in [6.07, 6.45) is 6.65. The SMILES string of the molecule is [B]c1c([B])c(C([B])([B])[B])c([B])c([B])c1C(=O)Nc1cc2cc(-c3cncn3C)ncc2cn1. The second-order valence-corrected chi connectivity index (χ2v) is 7.67. The standard InChI is InChI=1S/C20H10B7N5O/c1-32-7-28-6-11(32)10-2-8-3-12(30-5-9(8)4-29-10)31-19(33)13-15(21)17(23)14(20(25,26)27)18(24)16(13)22/h2-7H,1H3,(H,30,31,33). The molecule has 0 aliphatic rings. The Hall–Kier alpha value is -3.09. The van der Waals surface area contributed by atoms with Gasteiger partial charge in [0.25, 0.3) is 5.91 Å². The Morgan fingerprint density at radius 1 is 0.909 bits per heavy atom. The fourth-order valence-electron chi connectivity index (χ4n) is 3.57. The van der Waals surface area contributed by atoms with Gasteiger partial charge in [-0.1, -0.05) is 16.5 Å². The van der Waals surface area contributed by atoms with Crippen LogP contribution in [0, 0.1) is 0 Å². The van der Waals surface area contributed by atoms with Gasteiger partial charge in [-0.15, -0.1) is 16.0 Å². The minimum absolute atomic E-state index is 0.0481. The number of hydrogen-bond acceptors (Lipinski definition) is 4. The first-order chi connectivity index (χ1) is 15.5. The molecule has 0 bridgehead atoms. The van der Waals surface area contributed by atoms with Crippen LogP contribution in [-0.2, 0) is 12.2 Å². The first-order valence-corrected chi connectivity index (χ1v) is 9.65. The second-order valence-electron chi connectivity index (χ2n) is 7.67. The molecular formula is C20H10B7N5O. The van der Waals surface area contributed by atoms with Gasteiger partial charge >= 0.3 is 0 Å². The van der Waals surface area contributed by atoms with Crippen LogP contribution in [-0.4, -0.2) is 80.4 Å². The van der Waals surface area contributed by atoms with E-state index in [9.17, 15) is 4.79 Å². The van der Waals surface area contributed by atoms with E-state index < -0.39 is 11.0 Å². The number of fused-ring (bicyclic) bond motifs is 1. The number of aromatic nitrogens is 4. The summed E-state index contributed by atoms with van der Waals surface area (Å²) in [5.74, 6) is -0.417. The zero-order chi connectivity index (χ0) is 24.1. The Morgan fingerprint density at radius 3 is 2.12 bits per heavy atom. The Morgan fingerprint density at radius 2 is 1.55 bits per heavy atom. The van der Waals surface area contributed by atoms with Gasteiger partial charge in [-0.05, 0) is 17.5 Å². The van der Waals surface area contributed by atoms with E-state index in [-0.39, 0.29) is 38.8 Å². The summed E-state index contributed by atoms with van der Waals surface area (Å²) in [5, 5.41) is 2.33. The number of anilines is 1. The molecule has 13 heteroatoms. The topological polar surface area (TPSA) is 72.7 Å². The van der Waals surface area contributed by atoms with Crippen LogP contribution >= 0.6 is 0 Å². The van der Waals surface area contributed by atoms with E-state index in [1.165, 1.54) is 0 Å². The van der Waals surface area contributed by atoms with Crippen LogP contribution in [0.2, 0.25) is 0 Å². The molecule has 142 valence electrons. The van der Waals surface area contributed by atoms with Crippen molar-refractivity contribution in [2.75, 3.05) is 5.32 Å². The molecule has 1 N–H and O–H groups in total. The summed E-state index contributed by atoms with van der Waals surface area (Å²) in [6, 6.07) is 3.55. The van der Waals surface area contributed by atoms with Crippen molar-refractivity contribution < 1.29 is 4.79 Å². The van der Waals surface area contributed by atoms with Crippen molar-refractivity contribution in [1.82, 2.24) is 19.5 Å². The summed E-state index contributed by atoms with van der Waals surface area (Å²) in [4.78, 5) is 25.8. The third-order valence-corrected chi connectivity index (χ3v) is 5.24. The molecule has 3 aromatic heterocycles. The summed E-state index contributed by atoms with van der Waals surface area (Å²) >= 11 is 0. The van der Waals surface area contributed by atoms with Crippen LogP contribution < -0.4 is 27.2 Å². The fourth-order valence-corrected chi connectivity index (χ4v) is 3.57.